The first-order valence-corrected chi connectivity index (χ1v) is 6.22. The summed E-state index contributed by atoms with van der Waals surface area (Å²) in [5.41, 5.74) is 0.250. The van der Waals surface area contributed by atoms with Crippen LogP contribution in [0.3, 0.4) is 0 Å². The van der Waals surface area contributed by atoms with Crippen LogP contribution in [-0.4, -0.2) is 23.8 Å². The lowest BCUT2D eigenvalue weighted by atomic mass is 9.89. The summed E-state index contributed by atoms with van der Waals surface area (Å²) in [7, 11) is 1.20. The average molecular weight is 279 g/mol. The fourth-order valence-electron chi connectivity index (χ4n) is 1.93. The van der Waals surface area contributed by atoms with Crippen LogP contribution in [0.25, 0.3) is 0 Å². The Hall–Kier alpha value is -2.24. The van der Waals surface area contributed by atoms with Gasteiger partial charge < -0.3 is 4.74 Å². The highest BCUT2D eigenvalue weighted by molar-refractivity contribution is 6.00. The molecule has 20 heavy (non-hydrogen) atoms. The number of nitro benzene ring substituents is 1. The summed E-state index contributed by atoms with van der Waals surface area (Å²) in [4.78, 5) is 34.2. The number of nitro groups is 1. The summed E-state index contributed by atoms with van der Waals surface area (Å²) in [5, 5.41) is 11.0. The van der Waals surface area contributed by atoms with Gasteiger partial charge in [0, 0.05) is 17.5 Å². The molecular formula is C14H17NO5. The minimum absolute atomic E-state index is 0.0269. The van der Waals surface area contributed by atoms with Crippen LogP contribution in [0.5, 0.6) is 0 Å². The van der Waals surface area contributed by atoms with Crippen LogP contribution < -0.4 is 0 Å². The van der Waals surface area contributed by atoms with Crippen molar-refractivity contribution in [2.24, 2.45) is 11.8 Å². The van der Waals surface area contributed by atoms with Gasteiger partial charge in [0.2, 0.25) is 0 Å². The first kappa shape index (κ1) is 15.8. The van der Waals surface area contributed by atoms with Crippen LogP contribution in [0.2, 0.25) is 0 Å². The molecule has 0 heterocycles. The summed E-state index contributed by atoms with van der Waals surface area (Å²) in [6.45, 7) is 3.36. The van der Waals surface area contributed by atoms with E-state index < -0.39 is 16.8 Å². The Labute approximate surface area is 116 Å². The molecule has 0 fully saturated rings. The van der Waals surface area contributed by atoms with Crippen molar-refractivity contribution in [3.8, 4) is 0 Å². The van der Waals surface area contributed by atoms with Gasteiger partial charge >= 0.3 is 5.97 Å². The maximum atomic E-state index is 12.1. The second-order valence-corrected chi connectivity index (χ2v) is 4.72. The van der Waals surface area contributed by atoms with Crippen molar-refractivity contribution >= 4 is 17.4 Å². The quantitative estimate of drug-likeness (QED) is 0.344. The van der Waals surface area contributed by atoms with E-state index in [0.29, 0.717) is 5.56 Å². The summed E-state index contributed by atoms with van der Waals surface area (Å²) in [6, 6.07) is 6.07. The summed E-state index contributed by atoms with van der Waals surface area (Å²) in [5.74, 6) is -2.31. The first-order valence-electron chi connectivity index (χ1n) is 6.22. The Balaban J connectivity index is 3.11. The first-order chi connectivity index (χ1) is 9.38. The average Bonchev–Trinajstić information content (AvgIpc) is 2.43. The molecule has 1 aromatic rings. The topological polar surface area (TPSA) is 86.5 Å². The molecule has 0 aliphatic heterocycles. The highest BCUT2D eigenvalue weighted by Gasteiger charge is 2.31. The van der Waals surface area contributed by atoms with Gasteiger partial charge in [-0.2, -0.15) is 0 Å². The molecule has 108 valence electrons. The molecule has 1 atom stereocenters. The Morgan fingerprint density at radius 3 is 2.40 bits per heavy atom. The number of esters is 1. The van der Waals surface area contributed by atoms with Crippen molar-refractivity contribution in [2.75, 3.05) is 7.11 Å². The molecule has 1 rings (SSSR count). The molecule has 0 aliphatic rings. The standard InChI is InChI=1S/C14H17NO5/c1-9(2)13(16)11(14(17)20-3)8-10-6-4-5-7-12(10)15(18)19/h4-7,9,11H,8H2,1-3H3. The molecule has 0 bridgehead atoms. The lowest BCUT2D eigenvalue weighted by Gasteiger charge is -2.15. The van der Waals surface area contributed by atoms with Crippen molar-refractivity contribution in [1.82, 2.24) is 0 Å². The zero-order valence-corrected chi connectivity index (χ0v) is 11.7. The van der Waals surface area contributed by atoms with Gasteiger partial charge in [-0.25, -0.2) is 0 Å². The maximum Gasteiger partial charge on any atom is 0.316 e. The number of hydrogen-bond donors (Lipinski definition) is 0. The smallest absolute Gasteiger partial charge is 0.316 e. The Bertz CT molecular complexity index is 524. The van der Waals surface area contributed by atoms with Gasteiger partial charge in [-0.15, -0.1) is 0 Å². The highest BCUT2D eigenvalue weighted by atomic mass is 16.6. The number of hydrogen-bond acceptors (Lipinski definition) is 5. The van der Waals surface area contributed by atoms with E-state index in [2.05, 4.69) is 4.74 Å². The normalized spacial score (nSPS) is 12.0. The van der Waals surface area contributed by atoms with E-state index in [9.17, 15) is 19.7 Å². The second-order valence-electron chi connectivity index (χ2n) is 4.72. The van der Waals surface area contributed by atoms with Gasteiger partial charge in [0.05, 0.1) is 12.0 Å². The molecule has 0 aromatic heterocycles. The van der Waals surface area contributed by atoms with E-state index >= 15 is 0 Å². The minimum Gasteiger partial charge on any atom is -0.468 e. The molecule has 0 aliphatic carbocycles. The van der Waals surface area contributed by atoms with E-state index in [1.54, 1.807) is 32.0 Å². The fourth-order valence-corrected chi connectivity index (χ4v) is 1.93. The molecule has 0 amide bonds. The van der Waals surface area contributed by atoms with Gasteiger partial charge in [-0.3, -0.25) is 19.7 Å². The molecule has 0 saturated heterocycles. The summed E-state index contributed by atoms with van der Waals surface area (Å²) < 4.78 is 4.63. The SMILES string of the molecule is COC(=O)C(Cc1ccccc1[N+](=O)[O-])C(=O)C(C)C. The van der Waals surface area contributed by atoms with Gasteiger partial charge in [-0.1, -0.05) is 32.0 Å². The maximum absolute atomic E-state index is 12.1. The van der Waals surface area contributed by atoms with E-state index in [-0.39, 0.29) is 23.8 Å². The number of carbonyl (C=O) groups excluding carboxylic acids is 2. The van der Waals surface area contributed by atoms with Crippen molar-refractivity contribution in [3.63, 3.8) is 0 Å². The third-order valence-electron chi connectivity index (χ3n) is 3.01. The predicted molar refractivity (Wildman–Crippen MR) is 72.2 cm³/mol. The third-order valence-corrected chi connectivity index (χ3v) is 3.01. The van der Waals surface area contributed by atoms with Crippen LogP contribution >= 0.6 is 0 Å². The predicted octanol–water partition coefficient (Wildman–Crippen LogP) is 2.15. The lowest BCUT2D eigenvalue weighted by molar-refractivity contribution is -0.385. The Morgan fingerprint density at radius 1 is 1.30 bits per heavy atom. The van der Waals surface area contributed by atoms with Crippen LogP contribution in [0.4, 0.5) is 5.69 Å². The van der Waals surface area contributed by atoms with E-state index in [4.69, 9.17) is 0 Å². The molecule has 0 radical (unpaired) electrons. The number of para-hydroxylation sites is 1. The molecule has 1 unspecified atom stereocenters. The number of ether oxygens (including phenoxy) is 1. The summed E-state index contributed by atoms with van der Waals surface area (Å²) >= 11 is 0. The fraction of sp³-hybridized carbons (Fsp3) is 0.429. The Morgan fingerprint density at radius 2 is 1.90 bits per heavy atom. The van der Waals surface area contributed by atoms with Gasteiger partial charge in [0.25, 0.3) is 5.69 Å². The minimum atomic E-state index is -1.01. The largest absolute Gasteiger partial charge is 0.468 e. The number of Topliss-reactive ketones (excluding diaryl/α,β-unsaturated/α-hetero) is 1. The number of rotatable bonds is 6. The van der Waals surface area contributed by atoms with Gasteiger partial charge in [-0.05, 0) is 6.42 Å². The molecule has 0 saturated carbocycles. The van der Waals surface area contributed by atoms with E-state index in [1.807, 2.05) is 0 Å². The van der Waals surface area contributed by atoms with Crippen molar-refractivity contribution in [1.29, 1.82) is 0 Å². The molecular weight excluding hydrogens is 262 g/mol. The second kappa shape index (κ2) is 6.79. The number of benzene rings is 1. The highest BCUT2D eigenvalue weighted by Crippen LogP contribution is 2.23. The van der Waals surface area contributed by atoms with Crippen LogP contribution in [0.15, 0.2) is 24.3 Å². The van der Waals surface area contributed by atoms with E-state index in [0.717, 1.165) is 0 Å². The molecule has 6 heteroatoms. The summed E-state index contributed by atoms with van der Waals surface area (Å²) in [6.07, 6.45) is -0.0269. The number of nitrogens with zero attached hydrogens (tertiary/aromatic N) is 1. The molecule has 1 aromatic carbocycles. The third kappa shape index (κ3) is 3.63. The monoisotopic (exact) mass is 279 g/mol. The van der Waals surface area contributed by atoms with Crippen LogP contribution in [-0.2, 0) is 20.7 Å². The Kier molecular flexibility index (Phi) is 5.37. The van der Waals surface area contributed by atoms with Crippen LogP contribution in [0, 0.1) is 22.0 Å². The van der Waals surface area contributed by atoms with E-state index in [1.165, 1.54) is 13.2 Å². The molecule has 6 nitrogen and oxygen atoms in total. The zero-order valence-electron chi connectivity index (χ0n) is 11.7. The van der Waals surface area contributed by atoms with Crippen molar-refractivity contribution in [3.05, 3.63) is 39.9 Å². The van der Waals surface area contributed by atoms with Gasteiger partial charge in [0.15, 0.2) is 0 Å². The zero-order chi connectivity index (χ0) is 15.3. The number of methoxy groups -OCH3 is 1. The molecule has 0 N–H and O–H groups in total. The number of carbonyl (C=O) groups is 2. The van der Waals surface area contributed by atoms with Crippen LogP contribution in [0.1, 0.15) is 19.4 Å². The van der Waals surface area contributed by atoms with Gasteiger partial charge in [0.1, 0.15) is 11.7 Å². The van der Waals surface area contributed by atoms with Crippen molar-refractivity contribution < 1.29 is 19.2 Å². The lowest BCUT2D eigenvalue weighted by Crippen LogP contribution is -2.30. The van der Waals surface area contributed by atoms with Crippen molar-refractivity contribution in [2.45, 2.75) is 20.3 Å². The number of ketones is 1. The molecule has 0 spiro atoms.